The molecule has 0 radical (unpaired) electrons. The second-order valence-corrected chi connectivity index (χ2v) is 7.42. The number of nitrogens with one attached hydrogen (secondary N) is 1. The quantitative estimate of drug-likeness (QED) is 0.559. The number of ether oxygens (including phenoxy) is 1. The van der Waals surface area contributed by atoms with Crippen molar-refractivity contribution in [2.45, 2.75) is 6.92 Å². The number of halogens is 2. The van der Waals surface area contributed by atoms with Crippen LogP contribution in [0, 0.1) is 12.7 Å². The zero-order chi connectivity index (χ0) is 22.1. The Labute approximate surface area is 183 Å². The lowest BCUT2D eigenvalue weighted by molar-refractivity contribution is -0.120. The highest BCUT2D eigenvalue weighted by Gasteiger charge is 2.41. The summed E-state index contributed by atoms with van der Waals surface area (Å²) in [6.07, 6.45) is 0. The van der Waals surface area contributed by atoms with Crippen LogP contribution in [-0.2, 0) is 9.59 Å². The molecule has 0 unspecified atom stereocenters. The highest BCUT2D eigenvalue weighted by molar-refractivity contribution is 6.46. The van der Waals surface area contributed by atoms with Gasteiger partial charge in [0.25, 0.3) is 11.8 Å². The van der Waals surface area contributed by atoms with Crippen LogP contribution in [-0.4, -0.2) is 18.9 Å². The van der Waals surface area contributed by atoms with E-state index in [2.05, 4.69) is 5.32 Å². The summed E-state index contributed by atoms with van der Waals surface area (Å²) in [6.45, 7) is 1.90. The highest BCUT2D eigenvalue weighted by atomic mass is 35.5. The molecular formula is C24H18ClFN2O3. The Morgan fingerprint density at radius 1 is 0.968 bits per heavy atom. The molecule has 3 aromatic rings. The van der Waals surface area contributed by atoms with Crippen molar-refractivity contribution in [2.75, 3.05) is 17.3 Å². The molecule has 0 aromatic heterocycles. The molecule has 156 valence electrons. The largest absolute Gasteiger partial charge is 0.495 e. The highest BCUT2D eigenvalue weighted by Crippen LogP contribution is 2.36. The predicted octanol–water partition coefficient (Wildman–Crippen LogP) is 5.19. The van der Waals surface area contributed by atoms with Gasteiger partial charge in [0.15, 0.2) is 0 Å². The van der Waals surface area contributed by atoms with Crippen molar-refractivity contribution in [2.24, 2.45) is 0 Å². The first-order chi connectivity index (χ1) is 14.9. The van der Waals surface area contributed by atoms with Gasteiger partial charge in [0.05, 0.1) is 24.1 Å². The van der Waals surface area contributed by atoms with E-state index < -0.39 is 17.6 Å². The fourth-order valence-corrected chi connectivity index (χ4v) is 3.56. The van der Waals surface area contributed by atoms with Gasteiger partial charge < -0.3 is 10.1 Å². The first-order valence-corrected chi connectivity index (χ1v) is 9.83. The van der Waals surface area contributed by atoms with Gasteiger partial charge in [0.1, 0.15) is 17.3 Å². The molecule has 1 aliphatic rings. The third-order valence-corrected chi connectivity index (χ3v) is 5.18. The number of imide groups is 1. The molecule has 5 nitrogen and oxygen atoms in total. The van der Waals surface area contributed by atoms with E-state index in [1.807, 2.05) is 13.0 Å². The number of carbonyl (C=O) groups excluding carboxylic acids is 2. The number of aryl methyl sites for hydroxylation is 1. The summed E-state index contributed by atoms with van der Waals surface area (Å²) in [5, 5.41) is 3.54. The maximum atomic E-state index is 14.5. The molecule has 0 saturated heterocycles. The second-order valence-electron chi connectivity index (χ2n) is 6.98. The number of anilines is 2. The molecule has 0 atom stereocenters. The molecule has 0 bridgehead atoms. The number of methoxy groups -OCH3 is 1. The van der Waals surface area contributed by atoms with Gasteiger partial charge in [0, 0.05) is 5.02 Å². The number of hydrogen-bond acceptors (Lipinski definition) is 4. The third-order valence-electron chi connectivity index (χ3n) is 4.92. The first-order valence-electron chi connectivity index (χ1n) is 9.46. The van der Waals surface area contributed by atoms with E-state index in [-0.39, 0.29) is 17.0 Å². The number of para-hydroxylation sites is 1. The van der Waals surface area contributed by atoms with Crippen LogP contribution in [0.4, 0.5) is 15.8 Å². The van der Waals surface area contributed by atoms with Crippen LogP contribution in [0.3, 0.4) is 0 Å². The van der Waals surface area contributed by atoms with Crippen molar-refractivity contribution in [3.8, 4) is 5.75 Å². The fourth-order valence-electron chi connectivity index (χ4n) is 3.44. The van der Waals surface area contributed by atoms with Crippen molar-refractivity contribution >= 4 is 40.4 Å². The molecular weight excluding hydrogens is 419 g/mol. The van der Waals surface area contributed by atoms with Crippen molar-refractivity contribution < 1.29 is 18.7 Å². The predicted molar refractivity (Wildman–Crippen MR) is 119 cm³/mol. The van der Waals surface area contributed by atoms with E-state index in [0.29, 0.717) is 22.0 Å². The van der Waals surface area contributed by atoms with Gasteiger partial charge in [0.2, 0.25) is 0 Å². The summed E-state index contributed by atoms with van der Waals surface area (Å²) in [5.41, 5.74) is 1.96. The van der Waals surface area contributed by atoms with E-state index in [0.717, 1.165) is 10.5 Å². The maximum absolute atomic E-state index is 14.5. The van der Waals surface area contributed by atoms with Crippen LogP contribution in [0.2, 0.25) is 5.02 Å². The van der Waals surface area contributed by atoms with E-state index in [1.165, 1.54) is 25.3 Å². The van der Waals surface area contributed by atoms with Crippen LogP contribution in [0.1, 0.15) is 11.1 Å². The van der Waals surface area contributed by atoms with Gasteiger partial charge in [-0.15, -0.1) is 0 Å². The Kier molecular flexibility index (Phi) is 5.48. The Morgan fingerprint density at radius 3 is 2.35 bits per heavy atom. The summed E-state index contributed by atoms with van der Waals surface area (Å²) in [5.74, 6) is -1.47. The minimum absolute atomic E-state index is 0.0273. The van der Waals surface area contributed by atoms with Crippen LogP contribution in [0.5, 0.6) is 5.75 Å². The van der Waals surface area contributed by atoms with Gasteiger partial charge >= 0.3 is 0 Å². The van der Waals surface area contributed by atoms with Crippen LogP contribution in [0.15, 0.2) is 72.4 Å². The topological polar surface area (TPSA) is 58.6 Å². The summed E-state index contributed by atoms with van der Waals surface area (Å²) in [6, 6.07) is 17.6. The van der Waals surface area contributed by atoms with Crippen LogP contribution >= 0.6 is 11.6 Å². The molecule has 0 saturated carbocycles. The average Bonchev–Trinajstić information content (AvgIpc) is 2.99. The van der Waals surface area contributed by atoms with Gasteiger partial charge in [-0.05, 0) is 54.4 Å². The van der Waals surface area contributed by atoms with Crippen molar-refractivity contribution in [1.29, 1.82) is 0 Å². The molecule has 2 amide bonds. The van der Waals surface area contributed by atoms with E-state index in [1.54, 1.807) is 42.5 Å². The zero-order valence-corrected chi connectivity index (χ0v) is 17.5. The Bertz CT molecular complexity index is 1220. The Hall–Kier alpha value is -3.64. The third kappa shape index (κ3) is 3.78. The van der Waals surface area contributed by atoms with Crippen LogP contribution in [0.25, 0.3) is 5.57 Å². The minimum Gasteiger partial charge on any atom is -0.495 e. The molecule has 0 spiro atoms. The lowest BCUT2D eigenvalue weighted by Gasteiger charge is -2.16. The summed E-state index contributed by atoms with van der Waals surface area (Å²) in [4.78, 5) is 27.5. The number of benzene rings is 3. The number of nitrogens with zero attached hydrogens (tertiary/aromatic N) is 1. The van der Waals surface area contributed by atoms with Gasteiger partial charge in [-0.3, -0.25) is 9.59 Å². The first kappa shape index (κ1) is 20.6. The zero-order valence-electron chi connectivity index (χ0n) is 16.8. The van der Waals surface area contributed by atoms with E-state index in [4.69, 9.17) is 16.3 Å². The molecule has 1 N–H and O–H groups in total. The van der Waals surface area contributed by atoms with E-state index >= 15 is 0 Å². The van der Waals surface area contributed by atoms with Crippen molar-refractivity contribution in [3.05, 3.63) is 94.4 Å². The standard InChI is InChI=1S/C24H18ClFN2O3/c1-14-7-12-20(31-2)18(13-14)27-22-21(15-8-10-16(25)11-9-15)23(29)28(24(22)30)19-6-4-3-5-17(19)26/h3-13,27H,1-2H3. The Morgan fingerprint density at radius 2 is 1.68 bits per heavy atom. The lowest BCUT2D eigenvalue weighted by atomic mass is 10.0. The van der Waals surface area contributed by atoms with E-state index in [9.17, 15) is 14.0 Å². The molecule has 0 fully saturated rings. The molecule has 31 heavy (non-hydrogen) atoms. The average molecular weight is 437 g/mol. The van der Waals surface area contributed by atoms with Crippen molar-refractivity contribution in [3.63, 3.8) is 0 Å². The summed E-state index contributed by atoms with van der Waals surface area (Å²) >= 11 is 5.99. The van der Waals surface area contributed by atoms with Crippen molar-refractivity contribution in [1.82, 2.24) is 0 Å². The molecule has 3 aromatic carbocycles. The molecule has 1 heterocycles. The van der Waals surface area contributed by atoms with Gasteiger partial charge in [-0.25, -0.2) is 9.29 Å². The molecule has 4 rings (SSSR count). The smallest absolute Gasteiger partial charge is 0.282 e. The molecule has 7 heteroatoms. The SMILES string of the molecule is COc1ccc(C)cc1NC1=C(c2ccc(Cl)cc2)C(=O)N(c2ccccc2F)C1=O. The monoisotopic (exact) mass is 436 g/mol. The van der Waals surface area contributed by atoms with Crippen LogP contribution < -0.4 is 15.0 Å². The fraction of sp³-hybridized carbons (Fsp3) is 0.0833. The number of hydrogen-bond donors (Lipinski definition) is 1. The molecule has 1 aliphatic heterocycles. The Balaban J connectivity index is 1.87. The molecule has 0 aliphatic carbocycles. The number of amides is 2. The summed E-state index contributed by atoms with van der Waals surface area (Å²) in [7, 11) is 1.51. The maximum Gasteiger partial charge on any atom is 0.282 e. The summed E-state index contributed by atoms with van der Waals surface area (Å²) < 4.78 is 19.9. The number of rotatable bonds is 5. The van der Waals surface area contributed by atoms with Gasteiger partial charge in [-0.2, -0.15) is 0 Å². The normalized spacial score (nSPS) is 13.7. The minimum atomic E-state index is -0.672. The number of carbonyl (C=O) groups is 2. The second kappa shape index (κ2) is 8.24. The van der Waals surface area contributed by atoms with Gasteiger partial charge in [-0.1, -0.05) is 41.9 Å². The lowest BCUT2D eigenvalue weighted by Crippen LogP contribution is -2.33.